The highest BCUT2D eigenvalue weighted by Crippen LogP contribution is 2.38. The van der Waals surface area contributed by atoms with Gasteiger partial charge in [-0.3, -0.25) is 4.79 Å². The van der Waals surface area contributed by atoms with E-state index in [0.717, 1.165) is 44.2 Å². The molecule has 2 rings (SSSR count). The fourth-order valence-electron chi connectivity index (χ4n) is 4.47. The second-order valence-corrected chi connectivity index (χ2v) is 7.36. The summed E-state index contributed by atoms with van der Waals surface area (Å²) in [4.78, 5) is 14.4. The molecule has 0 aliphatic heterocycles. The number of amides is 1. The third-order valence-corrected chi connectivity index (χ3v) is 6.15. The Morgan fingerprint density at radius 2 is 1.95 bits per heavy atom. The first-order valence-corrected chi connectivity index (χ1v) is 8.68. The number of nitrogens with one attached hydrogen (secondary N) is 1. The van der Waals surface area contributed by atoms with Gasteiger partial charge in [0.15, 0.2) is 0 Å². The number of hydrogen-bond acceptors (Lipinski definition) is 3. The van der Waals surface area contributed by atoms with Gasteiger partial charge in [0, 0.05) is 6.04 Å². The minimum Gasteiger partial charge on any atom is -0.368 e. The van der Waals surface area contributed by atoms with E-state index in [1.807, 2.05) is 7.05 Å². The van der Waals surface area contributed by atoms with Crippen LogP contribution in [0.25, 0.3) is 0 Å². The summed E-state index contributed by atoms with van der Waals surface area (Å²) >= 11 is 0. The Bertz CT molecular complexity index is 352. The Balaban J connectivity index is 1.85. The monoisotopic (exact) mass is 295 g/mol. The molecule has 2 saturated carbocycles. The zero-order valence-electron chi connectivity index (χ0n) is 14.0. The number of carbonyl (C=O) groups excluding carboxylic acids is 1. The normalized spacial score (nSPS) is 37.0. The van der Waals surface area contributed by atoms with Crippen molar-refractivity contribution in [3.05, 3.63) is 0 Å². The SMILES string of the molecule is CNC1(C(N)=O)CCCC1CCN(C)C1CCC(C)CC1. The summed E-state index contributed by atoms with van der Waals surface area (Å²) in [6.07, 6.45) is 9.59. The molecule has 0 aromatic rings. The molecule has 0 aromatic carbocycles. The topological polar surface area (TPSA) is 58.4 Å². The Kier molecular flexibility index (Phi) is 5.67. The van der Waals surface area contributed by atoms with E-state index in [1.54, 1.807) is 0 Å². The van der Waals surface area contributed by atoms with Gasteiger partial charge in [0.25, 0.3) is 0 Å². The molecule has 3 N–H and O–H groups in total. The van der Waals surface area contributed by atoms with Crippen molar-refractivity contribution in [3.8, 4) is 0 Å². The molecular weight excluding hydrogens is 262 g/mol. The fourth-order valence-corrected chi connectivity index (χ4v) is 4.47. The predicted octanol–water partition coefficient (Wildman–Crippen LogP) is 2.13. The minimum atomic E-state index is -0.456. The minimum absolute atomic E-state index is 0.165. The van der Waals surface area contributed by atoms with Gasteiger partial charge >= 0.3 is 0 Å². The highest BCUT2D eigenvalue weighted by molar-refractivity contribution is 5.85. The van der Waals surface area contributed by atoms with Crippen molar-refractivity contribution < 1.29 is 4.79 Å². The maximum Gasteiger partial charge on any atom is 0.238 e. The van der Waals surface area contributed by atoms with Crippen LogP contribution in [-0.2, 0) is 4.79 Å². The van der Waals surface area contributed by atoms with Crippen molar-refractivity contribution in [3.63, 3.8) is 0 Å². The van der Waals surface area contributed by atoms with E-state index in [1.165, 1.54) is 25.7 Å². The molecule has 0 radical (unpaired) electrons. The molecule has 0 bridgehead atoms. The zero-order chi connectivity index (χ0) is 15.5. The predicted molar refractivity (Wildman–Crippen MR) is 87.0 cm³/mol. The molecule has 2 aliphatic rings. The maximum atomic E-state index is 11.9. The van der Waals surface area contributed by atoms with Gasteiger partial charge in [-0.05, 0) is 77.4 Å². The van der Waals surface area contributed by atoms with Crippen LogP contribution in [0.4, 0.5) is 0 Å². The first-order chi connectivity index (χ1) is 9.99. The lowest BCUT2D eigenvalue weighted by molar-refractivity contribution is -0.125. The summed E-state index contributed by atoms with van der Waals surface area (Å²) in [5.41, 5.74) is 5.23. The van der Waals surface area contributed by atoms with Gasteiger partial charge in [0.2, 0.25) is 5.91 Å². The average molecular weight is 295 g/mol. The molecule has 4 nitrogen and oxygen atoms in total. The first kappa shape index (κ1) is 16.8. The van der Waals surface area contributed by atoms with Crippen LogP contribution in [0, 0.1) is 11.8 Å². The van der Waals surface area contributed by atoms with E-state index >= 15 is 0 Å². The van der Waals surface area contributed by atoms with Crippen molar-refractivity contribution >= 4 is 5.91 Å². The van der Waals surface area contributed by atoms with E-state index in [9.17, 15) is 4.79 Å². The van der Waals surface area contributed by atoms with E-state index in [-0.39, 0.29) is 5.91 Å². The summed E-state index contributed by atoms with van der Waals surface area (Å²) < 4.78 is 0. The maximum absolute atomic E-state index is 11.9. The van der Waals surface area contributed by atoms with E-state index in [2.05, 4.69) is 24.2 Å². The smallest absolute Gasteiger partial charge is 0.238 e. The van der Waals surface area contributed by atoms with Gasteiger partial charge in [0.1, 0.15) is 5.54 Å². The molecule has 122 valence electrons. The van der Waals surface area contributed by atoms with E-state index < -0.39 is 5.54 Å². The Morgan fingerprint density at radius 1 is 1.29 bits per heavy atom. The quantitative estimate of drug-likeness (QED) is 0.789. The summed E-state index contributed by atoms with van der Waals surface area (Å²) in [7, 11) is 4.14. The molecule has 2 atom stereocenters. The van der Waals surface area contributed by atoms with Crippen LogP contribution < -0.4 is 11.1 Å². The standard InChI is InChI=1S/C17H33N3O/c1-13-6-8-15(9-7-13)20(3)12-10-14-5-4-11-17(14,19-2)16(18)21/h13-15,19H,4-12H2,1-3H3,(H2,18,21). The molecule has 0 saturated heterocycles. The van der Waals surface area contributed by atoms with Crippen LogP contribution in [0.1, 0.15) is 58.3 Å². The van der Waals surface area contributed by atoms with Gasteiger partial charge < -0.3 is 16.0 Å². The van der Waals surface area contributed by atoms with Crippen LogP contribution in [0.5, 0.6) is 0 Å². The molecule has 0 aromatic heterocycles. The molecular formula is C17H33N3O. The molecule has 2 unspecified atom stereocenters. The number of likely N-dealkylation sites (N-methyl/N-ethyl adjacent to an activating group) is 1. The third kappa shape index (κ3) is 3.59. The molecule has 0 heterocycles. The number of hydrogen-bond donors (Lipinski definition) is 2. The van der Waals surface area contributed by atoms with Crippen LogP contribution in [0.3, 0.4) is 0 Å². The lowest BCUT2D eigenvalue weighted by Crippen LogP contribution is -2.57. The summed E-state index contributed by atoms with van der Waals surface area (Å²) in [5, 5.41) is 3.24. The number of nitrogens with two attached hydrogens (primary N) is 1. The molecule has 4 heteroatoms. The van der Waals surface area contributed by atoms with Gasteiger partial charge in [-0.15, -0.1) is 0 Å². The number of nitrogens with zero attached hydrogens (tertiary/aromatic N) is 1. The average Bonchev–Trinajstić information content (AvgIpc) is 2.89. The van der Waals surface area contributed by atoms with Crippen LogP contribution in [0.2, 0.25) is 0 Å². The highest BCUT2D eigenvalue weighted by atomic mass is 16.1. The number of carbonyl (C=O) groups is 1. The number of rotatable bonds is 6. The Labute approximate surface area is 129 Å². The molecule has 2 aliphatic carbocycles. The zero-order valence-corrected chi connectivity index (χ0v) is 14.0. The van der Waals surface area contributed by atoms with Crippen molar-refractivity contribution in [2.45, 2.75) is 69.9 Å². The summed E-state index contributed by atoms with van der Waals surface area (Å²) in [6.45, 7) is 3.45. The fraction of sp³-hybridized carbons (Fsp3) is 0.941. The van der Waals surface area contributed by atoms with E-state index in [0.29, 0.717) is 5.92 Å². The van der Waals surface area contributed by atoms with Gasteiger partial charge in [0.05, 0.1) is 0 Å². The van der Waals surface area contributed by atoms with Crippen LogP contribution in [-0.4, -0.2) is 43.0 Å². The highest BCUT2D eigenvalue weighted by Gasteiger charge is 2.46. The van der Waals surface area contributed by atoms with Crippen molar-refractivity contribution in [1.82, 2.24) is 10.2 Å². The van der Waals surface area contributed by atoms with Crippen LogP contribution in [0.15, 0.2) is 0 Å². The first-order valence-electron chi connectivity index (χ1n) is 8.68. The summed E-state index contributed by atoms with van der Waals surface area (Å²) in [5.74, 6) is 1.13. The van der Waals surface area contributed by atoms with E-state index in [4.69, 9.17) is 5.73 Å². The second-order valence-electron chi connectivity index (χ2n) is 7.36. The Hall–Kier alpha value is -0.610. The van der Waals surface area contributed by atoms with Gasteiger partial charge in [-0.1, -0.05) is 13.3 Å². The van der Waals surface area contributed by atoms with Gasteiger partial charge in [-0.25, -0.2) is 0 Å². The molecule has 2 fully saturated rings. The molecule has 1 amide bonds. The van der Waals surface area contributed by atoms with Crippen LogP contribution >= 0.6 is 0 Å². The van der Waals surface area contributed by atoms with Crippen molar-refractivity contribution in [2.75, 3.05) is 20.6 Å². The molecule has 21 heavy (non-hydrogen) atoms. The lowest BCUT2D eigenvalue weighted by atomic mass is 9.83. The molecule has 0 spiro atoms. The Morgan fingerprint density at radius 3 is 2.52 bits per heavy atom. The van der Waals surface area contributed by atoms with Crippen molar-refractivity contribution in [2.24, 2.45) is 17.6 Å². The summed E-state index contributed by atoms with van der Waals surface area (Å²) in [6, 6.07) is 0.736. The largest absolute Gasteiger partial charge is 0.368 e. The number of primary amides is 1. The second kappa shape index (κ2) is 7.10. The lowest BCUT2D eigenvalue weighted by Gasteiger charge is -2.36. The van der Waals surface area contributed by atoms with Crippen molar-refractivity contribution in [1.29, 1.82) is 0 Å². The van der Waals surface area contributed by atoms with Gasteiger partial charge in [-0.2, -0.15) is 0 Å². The third-order valence-electron chi connectivity index (χ3n) is 6.15.